The first-order valence-electron chi connectivity index (χ1n) is 10.4. The van der Waals surface area contributed by atoms with Gasteiger partial charge >= 0.3 is 6.09 Å². The zero-order chi connectivity index (χ0) is 19.9. The second-order valence-corrected chi connectivity index (χ2v) is 10.3. The van der Waals surface area contributed by atoms with Crippen LogP contribution in [0.1, 0.15) is 66.6 Å². The Labute approximate surface area is 171 Å². The molecule has 6 nitrogen and oxygen atoms in total. The van der Waals surface area contributed by atoms with Crippen molar-refractivity contribution in [3.8, 4) is 0 Å². The van der Waals surface area contributed by atoms with Crippen LogP contribution in [0.15, 0.2) is 6.07 Å². The molecule has 2 amide bonds. The summed E-state index contributed by atoms with van der Waals surface area (Å²) in [7, 11) is 0. The van der Waals surface area contributed by atoms with Crippen molar-refractivity contribution in [3.05, 3.63) is 21.4 Å². The smallest absolute Gasteiger partial charge is 0.410 e. The van der Waals surface area contributed by atoms with E-state index in [9.17, 15) is 9.59 Å². The van der Waals surface area contributed by atoms with Crippen LogP contribution >= 0.6 is 11.3 Å². The highest BCUT2D eigenvalue weighted by atomic mass is 32.1. The van der Waals surface area contributed by atoms with Crippen LogP contribution in [-0.4, -0.2) is 64.5 Å². The van der Waals surface area contributed by atoms with Gasteiger partial charge in [0.05, 0.1) is 4.88 Å². The number of carbonyl (C=O) groups is 2. The van der Waals surface area contributed by atoms with Gasteiger partial charge in [-0.15, -0.1) is 11.3 Å². The first-order chi connectivity index (χ1) is 13.3. The van der Waals surface area contributed by atoms with E-state index in [-0.39, 0.29) is 12.0 Å². The van der Waals surface area contributed by atoms with Gasteiger partial charge in [0.1, 0.15) is 5.60 Å². The number of ether oxygens (including phenoxy) is 1. The molecule has 1 saturated heterocycles. The van der Waals surface area contributed by atoms with Crippen molar-refractivity contribution in [2.24, 2.45) is 0 Å². The summed E-state index contributed by atoms with van der Waals surface area (Å²) in [5, 5.41) is 0. The van der Waals surface area contributed by atoms with Gasteiger partial charge in [-0.25, -0.2) is 4.79 Å². The molecule has 0 spiro atoms. The highest BCUT2D eigenvalue weighted by molar-refractivity contribution is 7.14. The number of hydrogen-bond acceptors (Lipinski definition) is 5. The van der Waals surface area contributed by atoms with E-state index in [1.54, 1.807) is 16.2 Å². The summed E-state index contributed by atoms with van der Waals surface area (Å²) < 4.78 is 5.43. The third-order valence-electron chi connectivity index (χ3n) is 5.89. The second kappa shape index (κ2) is 7.67. The molecule has 0 bridgehead atoms. The molecule has 0 N–H and O–H groups in total. The molecule has 3 heterocycles. The van der Waals surface area contributed by atoms with Crippen molar-refractivity contribution >= 4 is 23.3 Å². The minimum absolute atomic E-state index is 0.107. The van der Waals surface area contributed by atoms with Crippen LogP contribution in [0, 0.1) is 0 Å². The van der Waals surface area contributed by atoms with Crippen molar-refractivity contribution in [1.82, 2.24) is 14.7 Å². The first-order valence-corrected chi connectivity index (χ1v) is 11.2. The first kappa shape index (κ1) is 19.7. The van der Waals surface area contributed by atoms with E-state index in [1.807, 2.05) is 25.7 Å². The van der Waals surface area contributed by atoms with Gasteiger partial charge in [0.2, 0.25) is 0 Å². The monoisotopic (exact) mass is 405 g/mol. The molecule has 0 aromatic carbocycles. The standard InChI is InChI=1S/C21H31N3O3S/c1-21(2,3)27-20(26)23-10-8-22(9-11-23)19(25)17-12-15-13-24(14-18(15)28-17)16-6-4-5-7-16/h12,16H,4-11,13-14H2,1-3H3. The summed E-state index contributed by atoms with van der Waals surface area (Å²) in [6, 6.07) is 2.84. The number of fused-ring (bicyclic) bond motifs is 1. The molecule has 1 aromatic rings. The molecule has 28 heavy (non-hydrogen) atoms. The van der Waals surface area contributed by atoms with Gasteiger partial charge in [-0.1, -0.05) is 12.8 Å². The lowest BCUT2D eigenvalue weighted by Crippen LogP contribution is -2.51. The fraction of sp³-hybridized carbons (Fsp3) is 0.714. The molecule has 7 heteroatoms. The molecule has 4 rings (SSSR count). The van der Waals surface area contributed by atoms with E-state index < -0.39 is 5.60 Å². The van der Waals surface area contributed by atoms with Gasteiger partial charge < -0.3 is 14.5 Å². The van der Waals surface area contributed by atoms with Crippen LogP contribution in [0.4, 0.5) is 4.79 Å². The van der Waals surface area contributed by atoms with Crippen molar-refractivity contribution in [3.63, 3.8) is 0 Å². The summed E-state index contributed by atoms with van der Waals surface area (Å²) in [5.41, 5.74) is 0.848. The highest BCUT2D eigenvalue weighted by Crippen LogP contribution is 2.36. The van der Waals surface area contributed by atoms with E-state index in [0.29, 0.717) is 26.2 Å². The maximum atomic E-state index is 12.9. The minimum atomic E-state index is -0.492. The second-order valence-electron chi connectivity index (χ2n) is 9.16. The van der Waals surface area contributed by atoms with Crippen molar-refractivity contribution in [2.45, 2.75) is 71.2 Å². The summed E-state index contributed by atoms with van der Waals surface area (Å²) in [6.07, 6.45) is 5.06. The Morgan fingerprint density at radius 3 is 2.29 bits per heavy atom. The zero-order valence-electron chi connectivity index (χ0n) is 17.2. The van der Waals surface area contributed by atoms with Crippen LogP contribution in [0.3, 0.4) is 0 Å². The van der Waals surface area contributed by atoms with Crippen molar-refractivity contribution < 1.29 is 14.3 Å². The summed E-state index contributed by atoms with van der Waals surface area (Å²) >= 11 is 1.66. The van der Waals surface area contributed by atoms with Crippen LogP contribution in [-0.2, 0) is 17.8 Å². The van der Waals surface area contributed by atoms with Crippen LogP contribution in [0.2, 0.25) is 0 Å². The number of hydrogen-bond donors (Lipinski definition) is 0. The van der Waals surface area contributed by atoms with E-state index in [2.05, 4.69) is 11.0 Å². The Hall–Kier alpha value is -1.60. The van der Waals surface area contributed by atoms with Gasteiger partial charge in [0.15, 0.2) is 0 Å². The largest absolute Gasteiger partial charge is 0.444 e. The van der Waals surface area contributed by atoms with E-state index in [0.717, 1.165) is 24.0 Å². The Bertz CT molecular complexity index is 717. The van der Waals surface area contributed by atoms with E-state index >= 15 is 0 Å². The zero-order valence-corrected chi connectivity index (χ0v) is 18.0. The summed E-state index contributed by atoms with van der Waals surface area (Å²) in [4.78, 5) is 33.5. The third-order valence-corrected chi connectivity index (χ3v) is 7.04. The maximum absolute atomic E-state index is 12.9. The molecular formula is C21H31N3O3S. The Morgan fingerprint density at radius 1 is 1.04 bits per heavy atom. The maximum Gasteiger partial charge on any atom is 0.410 e. The van der Waals surface area contributed by atoms with E-state index in [1.165, 1.54) is 36.1 Å². The third kappa shape index (κ3) is 4.20. The molecule has 1 saturated carbocycles. The predicted octanol–water partition coefficient (Wildman–Crippen LogP) is 3.70. The molecule has 0 atom stereocenters. The number of carbonyl (C=O) groups excluding carboxylic acids is 2. The molecule has 0 radical (unpaired) electrons. The molecule has 3 aliphatic rings. The summed E-state index contributed by atoms with van der Waals surface area (Å²) in [5.74, 6) is 0.107. The number of nitrogens with zero attached hydrogens (tertiary/aromatic N) is 3. The minimum Gasteiger partial charge on any atom is -0.444 e. The van der Waals surface area contributed by atoms with Crippen LogP contribution < -0.4 is 0 Å². The average molecular weight is 406 g/mol. The van der Waals surface area contributed by atoms with Crippen LogP contribution in [0.25, 0.3) is 0 Å². The van der Waals surface area contributed by atoms with Gasteiger partial charge in [-0.2, -0.15) is 0 Å². The summed E-state index contributed by atoms with van der Waals surface area (Å²) in [6.45, 7) is 9.80. The number of amides is 2. The van der Waals surface area contributed by atoms with Gasteiger partial charge in [-0.05, 0) is 45.2 Å². The molecule has 0 unspecified atom stereocenters. The Morgan fingerprint density at radius 2 is 1.68 bits per heavy atom. The Balaban J connectivity index is 1.31. The van der Waals surface area contributed by atoms with Crippen LogP contribution in [0.5, 0.6) is 0 Å². The molecular weight excluding hydrogens is 374 g/mol. The number of piperazine rings is 1. The fourth-order valence-corrected chi connectivity index (χ4v) is 5.57. The van der Waals surface area contributed by atoms with Gasteiger partial charge in [0, 0.05) is 50.2 Å². The molecule has 2 fully saturated rings. The Kier molecular flexibility index (Phi) is 5.40. The SMILES string of the molecule is CC(C)(C)OC(=O)N1CCN(C(=O)c2cc3c(s2)CN(C2CCCC2)C3)CC1. The molecule has 154 valence electrons. The van der Waals surface area contributed by atoms with Gasteiger partial charge in [0.25, 0.3) is 5.91 Å². The highest BCUT2D eigenvalue weighted by Gasteiger charge is 2.32. The normalized spacial score (nSPS) is 21.2. The van der Waals surface area contributed by atoms with E-state index in [4.69, 9.17) is 4.74 Å². The quantitative estimate of drug-likeness (QED) is 0.753. The molecule has 1 aromatic heterocycles. The molecule has 2 aliphatic heterocycles. The number of rotatable bonds is 2. The lowest BCUT2D eigenvalue weighted by atomic mass is 10.2. The number of thiophene rings is 1. The van der Waals surface area contributed by atoms with Gasteiger partial charge in [-0.3, -0.25) is 9.69 Å². The topological polar surface area (TPSA) is 53.1 Å². The average Bonchev–Trinajstić information content (AvgIpc) is 3.35. The van der Waals surface area contributed by atoms with Crippen molar-refractivity contribution in [1.29, 1.82) is 0 Å². The molecule has 1 aliphatic carbocycles. The lowest BCUT2D eigenvalue weighted by Gasteiger charge is -2.35. The predicted molar refractivity (Wildman–Crippen MR) is 110 cm³/mol. The fourth-order valence-electron chi connectivity index (χ4n) is 4.40. The van der Waals surface area contributed by atoms with Crippen molar-refractivity contribution in [2.75, 3.05) is 26.2 Å². The lowest BCUT2D eigenvalue weighted by molar-refractivity contribution is 0.0141.